The van der Waals surface area contributed by atoms with Crippen molar-refractivity contribution in [1.29, 1.82) is 0 Å². The average Bonchev–Trinajstić information content (AvgIpc) is 3.21. The minimum absolute atomic E-state index is 0.135. The van der Waals surface area contributed by atoms with E-state index in [0.29, 0.717) is 17.7 Å². The number of nitrogens with zero attached hydrogens (tertiary/aromatic N) is 4. The second-order valence-electron chi connectivity index (χ2n) is 7.75. The van der Waals surface area contributed by atoms with Crippen LogP contribution in [0.15, 0.2) is 36.1 Å². The summed E-state index contributed by atoms with van der Waals surface area (Å²) in [5.41, 5.74) is 1.65. The van der Waals surface area contributed by atoms with Crippen molar-refractivity contribution in [1.82, 2.24) is 20.3 Å². The fourth-order valence-electron chi connectivity index (χ4n) is 3.77. The van der Waals surface area contributed by atoms with Crippen LogP contribution in [0.1, 0.15) is 32.1 Å². The Morgan fingerprint density at radius 1 is 1.10 bits per heavy atom. The Hall–Kier alpha value is -2.94. The van der Waals surface area contributed by atoms with Crippen LogP contribution < -0.4 is 20.3 Å². The van der Waals surface area contributed by atoms with Gasteiger partial charge in [0.1, 0.15) is 18.2 Å². The van der Waals surface area contributed by atoms with Gasteiger partial charge in [-0.1, -0.05) is 0 Å². The van der Waals surface area contributed by atoms with Gasteiger partial charge in [-0.25, -0.2) is 19.7 Å². The van der Waals surface area contributed by atoms with Crippen molar-refractivity contribution < 1.29 is 9.53 Å². The molecule has 0 bridgehead atoms. The summed E-state index contributed by atoms with van der Waals surface area (Å²) in [6.07, 6.45) is 8.71. The van der Waals surface area contributed by atoms with Gasteiger partial charge < -0.3 is 20.3 Å². The highest BCUT2D eigenvalue weighted by atomic mass is 32.1. The topological polar surface area (TPSA) is 92.3 Å². The number of rotatable bonds is 5. The third kappa shape index (κ3) is 4.16. The van der Waals surface area contributed by atoms with Crippen molar-refractivity contribution in [2.24, 2.45) is 0 Å². The first-order chi connectivity index (χ1) is 14.7. The van der Waals surface area contributed by atoms with Gasteiger partial charge in [-0.3, -0.25) is 0 Å². The molecule has 3 aromatic rings. The number of pyridine rings is 1. The lowest BCUT2D eigenvalue weighted by Gasteiger charge is -2.33. The van der Waals surface area contributed by atoms with E-state index in [9.17, 15) is 4.79 Å². The van der Waals surface area contributed by atoms with Gasteiger partial charge >= 0.3 is 6.03 Å². The number of fused-ring (bicyclic) bond motifs is 1. The summed E-state index contributed by atoms with van der Waals surface area (Å²) in [6.45, 7) is 1.70. The van der Waals surface area contributed by atoms with Crippen molar-refractivity contribution in [3.63, 3.8) is 0 Å². The summed E-state index contributed by atoms with van der Waals surface area (Å²) < 4.78 is 6.87. The predicted molar refractivity (Wildman–Crippen MR) is 117 cm³/mol. The Bertz CT molecular complexity index is 1010. The SMILES string of the molecule is O=C(Nc1ccc(OC2CCC2)nc1)NC1CCN(c2ncnc3ccsc23)CC1. The maximum absolute atomic E-state index is 12.4. The Kier molecular flexibility index (Phi) is 5.35. The number of hydrogen-bond acceptors (Lipinski definition) is 7. The smallest absolute Gasteiger partial charge is 0.319 e. The van der Waals surface area contributed by atoms with Gasteiger partial charge in [-0.15, -0.1) is 11.3 Å². The number of piperidine rings is 1. The summed E-state index contributed by atoms with van der Waals surface area (Å²) in [7, 11) is 0. The molecule has 1 aliphatic carbocycles. The minimum Gasteiger partial charge on any atom is -0.474 e. The normalized spacial score (nSPS) is 17.5. The summed E-state index contributed by atoms with van der Waals surface area (Å²) in [6, 6.07) is 5.58. The molecule has 9 heteroatoms. The molecule has 0 aromatic carbocycles. The van der Waals surface area contributed by atoms with E-state index in [0.717, 1.165) is 54.8 Å². The Morgan fingerprint density at radius 2 is 1.97 bits per heavy atom. The Balaban J connectivity index is 1.11. The number of nitrogens with one attached hydrogen (secondary N) is 2. The standard InChI is InChI=1S/C21H24N6O2S/c28-21(26-15-4-5-18(22-12-15)29-16-2-1-3-16)25-14-6-9-27(10-7-14)20-19-17(8-11-30-19)23-13-24-20/h4-5,8,11-14,16H,1-3,6-7,9-10H2,(H2,25,26,28). The van der Waals surface area contributed by atoms with Crippen LogP contribution in [-0.2, 0) is 0 Å². The number of anilines is 2. The Morgan fingerprint density at radius 3 is 2.70 bits per heavy atom. The molecule has 2 amide bonds. The molecular formula is C21H24N6O2S. The number of thiophene rings is 1. The number of ether oxygens (including phenoxy) is 1. The molecule has 1 aliphatic heterocycles. The van der Waals surface area contributed by atoms with Crippen LogP contribution >= 0.6 is 11.3 Å². The van der Waals surface area contributed by atoms with Gasteiger partial charge in [-0.2, -0.15) is 0 Å². The van der Waals surface area contributed by atoms with Crippen LogP contribution in [0.2, 0.25) is 0 Å². The van der Waals surface area contributed by atoms with Crippen LogP contribution in [0.25, 0.3) is 10.2 Å². The average molecular weight is 425 g/mol. The van der Waals surface area contributed by atoms with Crippen molar-refractivity contribution >= 4 is 39.1 Å². The van der Waals surface area contributed by atoms with E-state index in [1.165, 1.54) is 6.42 Å². The number of carbonyl (C=O) groups is 1. The molecule has 5 rings (SSSR count). The van der Waals surface area contributed by atoms with Gasteiger partial charge in [0.15, 0.2) is 0 Å². The lowest BCUT2D eigenvalue weighted by molar-refractivity contribution is 0.114. The first-order valence-corrected chi connectivity index (χ1v) is 11.3. The molecule has 2 N–H and O–H groups in total. The van der Waals surface area contributed by atoms with Gasteiger partial charge in [0.25, 0.3) is 0 Å². The van der Waals surface area contributed by atoms with Crippen molar-refractivity contribution in [3.8, 4) is 5.88 Å². The third-order valence-corrected chi connectivity index (χ3v) is 6.59. The Labute approximate surface area is 178 Å². The molecule has 2 aliphatic rings. The van der Waals surface area contributed by atoms with E-state index in [1.54, 1.807) is 29.9 Å². The summed E-state index contributed by atoms with van der Waals surface area (Å²) in [5.74, 6) is 1.61. The molecule has 4 heterocycles. The largest absolute Gasteiger partial charge is 0.474 e. The molecule has 2 fully saturated rings. The molecule has 0 radical (unpaired) electrons. The van der Waals surface area contributed by atoms with Gasteiger partial charge in [-0.05, 0) is 49.6 Å². The molecule has 1 saturated carbocycles. The summed E-state index contributed by atoms with van der Waals surface area (Å²) in [4.78, 5) is 27.7. The molecule has 0 unspecified atom stereocenters. The van der Waals surface area contributed by atoms with E-state index in [4.69, 9.17) is 4.74 Å². The highest BCUT2D eigenvalue weighted by Gasteiger charge is 2.23. The van der Waals surface area contributed by atoms with Crippen molar-refractivity contribution in [2.45, 2.75) is 44.2 Å². The zero-order valence-electron chi connectivity index (χ0n) is 16.6. The van der Waals surface area contributed by atoms with Gasteiger partial charge in [0.2, 0.25) is 5.88 Å². The molecule has 156 valence electrons. The number of urea groups is 1. The minimum atomic E-state index is -0.203. The molecule has 8 nitrogen and oxygen atoms in total. The fraction of sp³-hybridized carbons (Fsp3) is 0.429. The fourth-order valence-corrected chi connectivity index (χ4v) is 4.63. The molecule has 1 saturated heterocycles. The van der Waals surface area contributed by atoms with Gasteiger partial charge in [0.05, 0.1) is 22.1 Å². The zero-order chi connectivity index (χ0) is 20.3. The maximum atomic E-state index is 12.4. The van der Waals surface area contributed by atoms with Crippen LogP contribution in [0.3, 0.4) is 0 Å². The third-order valence-electron chi connectivity index (χ3n) is 5.69. The first kappa shape index (κ1) is 19.0. The molecular weight excluding hydrogens is 400 g/mol. The lowest BCUT2D eigenvalue weighted by Crippen LogP contribution is -2.46. The summed E-state index contributed by atoms with van der Waals surface area (Å²) in [5, 5.41) is 7.98. The number of amides is 2. The monoisotopic (exact) mass is 424 g/mol. The molecule has 3 aromatic heterocycles. The van der Waals surface area contributed by atoms with E-state index in [1.807, 2.05) is 17.5 Å². The zero-order valence-corrected chi connectivity index (χ0v) is 17.4. The van der Waals surface area contributed by atoms with Crippen LogP contribution in [0.4, 0.5) is 16.3 Å². The lowest BCUT2D eigenvalue weighted by atomic mass is 9.96. The van der Waals surface area contributed by atoms with E-state index < -0.39 is 0 Å². The summed E-state index contributed by atoms with van der Waals surface area (Å²) >= 11 is 1.67. The van der Waals surface area contributed by atoms with Crippen molar-refractivity contribution in [2.75, 3.05) is 23.3 Å². The van der Waals surface area contributed by atoms with Crippen LogP contribution in [0, 0.1) is 0 Å². The number of hydrogen-bond donors (Lipinski definition) is 2. The van der Waals surface area contributed by atoms with Crippen LogP contribution in [-0.4, -0.2) is 46.2 Å². The maximum Gasteiger partial charge on any atom is 0.319 e. The highest BCUT2D eigenvalue weighted by Crippen LogP contribution is 2.29. The molecule has 0 spiro atoms. The molecule has 0 atom stereocenters. The van der Waals surface area contributed by atoms with E-state index in [-0.39, 0.29) is 12.1 Å². The highest BCUT2D eigenvalue weighted by molar-refractivity contribution is 7.17. The number of aromatic nitrogens is 3. The quantitative estimate of drug-likeness (QED) is 0.647. The molecule has 30 heavy (non-hydrogen) atoms. The predicted octanol–water partition coefficient (Wildman–Crippen LogP) is 3.81. The van der Waals surface area contributed by atoms with Gasteiger partial charge in [0, 0.05) is 25.2 Å². The second kappa shape index (κ2) is 8.43. The first-order valence-electron chi connectivity index (χ1n) is 10.4. The van der Waals surface area contributed by atoms with E-state index >= 15 is 0 Å². The second-order valence-corrected chi connectivity index (χ2v) is 8.66. The van der Waals surface area contributed by atoms with E-state index in [2.05, 4.69) is 30.5 Å². The van der Waals surface area contributed by atoms with Crippen LogP contribution in [0.5, 0.6) is 5.88 Å². The van der Waals surface area contributed by atoms with Crippen molar-refractivity contribution in [3.05, 3.63) is 36.1 Å². The number of carbonyl (C=O) groups excluding carboxylic acids is 1.